The number of carbonyl (C=O) groups excluding carboxylic acids is 4. The number of allylic oxidation sites excluding steroid dienone is 2. The standard InChI is InChI=1S/C40H51N5O9S/c1-52-33-21-31-29-19-25(33)13-9-5-3-8-12-16-35(46)41-30-15-11-7-4-6-10-14-26-23-40(26,39(49)44-55(50,51)28-17-18-28)43-37(47)32-20-27(24-45(32)38(30)48)54-34(29)22-36(42-31)53-2/h9-10,13-14,19,21-22,26-28,30,32H,3-8,11-12,15-18,20,23-24H2,1-2H3,(H,41,46)(H,43,47)(H,44,49)/t26-,27-,30+,32+,40-/m1/s1. The van der Waals surface area contributed by atoms with Gasteiger partial charge < -0.3 is 29.7 Å². The zero-order valence-corrected chi connectivity index (χ0v) is 32.3. The van der Waals surface area contributed by atoms with E-state index in [1.54, 1.807) is 13.2 Å². The zero-order valence-electron chi connectivity index (χ0n) is 31.5. The molecule has 55 heavy (non-hydrogen) atoms. The van der Waals surface area contributed by atoms with Gasteiger partial charge in [-0.1, -0.05) is 43.6 Å². The molecule has 0 spiro atoms. The highest BCUT2D eigenvalue weighted by atomic mass is 32.2. The number of pyridine rings is 1. The van der Waals surface area contributed by atoms with E-state index in [0.717, 1.165) is 44.1 Å². The molecule has 4 amide bonds. The fraction of sp³-hybridized carbons (Fsp3) is 0.575. The molecule has 0 radical (unpaired) electrons. The number of ether oxygens (including phenoxy) is 3. The normalized spacial score (nSPS) is 28.0. The highest BCUT2D eigenvalue weighted by molar-refractivity contribution is 7.91. The van der Waals surface area contributed by atoms with Crippen molar-refractivity contribution in [3.05, 3.63) is 42.0 Å². The SMILES string of the molecule is COc1cc2c3cc(c(OC)cc3n1)C=CCCCCCC(=O)N[C@H]1CCCCCC=C[C@@H]3C[C@@]3(C(=O)NS(=O)(=O)C3CC3)NC(=O)[C@@H]3C[C@H](CN3C1=O)O2. The zero-order chi connectivity index (χ0) is 38.7. The third-order valence-corrected chi connectivity index (χ3v) is 13.2. The maximum Gasteiger partial charge on any atom is 0.259 e. The number of fused-ring (bicyclic) bond motifs is 4. The lowest BCUT2D eigenvalue weighted by molar-refractivity contribution is -0.142. The highest BCUT2D eigenvalue weighted by Gasteiger charge is 2.62. The lowest BCUT2D eigenvalue weighted by Crippen LogP contribution is -2.58. The summed E-state index contributed by atoms with van der Waals surface area (Å²) in [6.45, 7) is 0.0247. The van der Waals surface area contributed by atoms with Crippen LogP contribution in [0.15, 0.2) is 36.4 Å². The Morgan fingerprint density at radius 1 is 0.982 bits per heavy atom. The van der Waals surface area contributed by atoms with Crippen molar-refractivity contribution in [2.75, 3.05) is 20.8 Å². The molecule has 5 atom stereocenters. The number of hydrogen-bond acceptors (Lipinski definition) is 10. The van der Waals surface area contributed by atoms with Crippen LogP contribution in [0.1, 0.15) is 95.5 Å². The van der Waals surface area contributed by atoms with Gasteiger partial charge in [0.05, 0.1) is 31.5 Å². The first kappa shape index (κ1) is 38.6. The van der Waals surface area contributed by atoms with E-state index < -0.39 is 62.6 Å². The number of sulfonamides is 1. The second kappa shape index (κ2) is 16.2. The van der Waals surface area contributed by atoms with Gasteiger partial charge in [0.25, 0.3) is 5.91 Å². The van der Waals surface area contributed by atoms with Gasteiger partial charge in [-0.15, -0.1) is 0 Å². The van der Waals surface area contributed by atoms with Crippen LogP contribution in [0.25, 0.3) is 17.0 Å². The Labute approximate surface area is 321 Å². The summed E-state index contributed by atoms with van der Waals surface area (Å²) in [5, 5.41) is 5.97. The fourth-order valence-corrected chi connectivity index (χ4v) is 9.32. The minimum Gasteiger partial charge on any atom is -0.496 e. The van der Waals surface area contributed by atoms with Gasteiger partial charge in [0.2, 0.25) is 33.6 Å². The van der Waals surface area contributed by atoms with Crippen LogP contribution in [0, 0.1) is 5.92 Å². The van der Waals surface area contributed by atoms with Gasteiger partial charge >= 0.3 is 0 Å². The topological polar surface area (TPSA) is 182 Å². The van der Waals surface area contributed by atoms with E-state index >= 15 is 0 Å². The van der Waals surface area contributed by atoms with Crippen molar-refractivity contribution in [1.82, 2.24) is 25.2 Å². The Morgan fingerprint density at radius 3 is 2.53 bits per heavy atom. The summed E-state index contributed by atoms with van der Waals surface area (Å²) in [5.41, 5.74) is -0.0962. The van der Waals surface area contributed by atoms with Crippen LogP contribution in [0.3, 0.4) is 0 Å². The van der Waals surface area contributed by atoms with Crippen molar-refractivity contribution in [3.8, 4) is 17.4 Å². The summed E-state index contributed by atoms with van der Waals surface area (Å²) in [6, 6.07) is 3.49. The molecule has 3 aliphatic heterocycles. The molecule has 1 aromatic carbocycles. The summed E-state index contributed by atoms with van der Waals surface area (Å²) < 4.78 is 45.9. The molecule has 7 rings (SSSR count). The second-order valence-corrected chi connectivity index (χ2v) is 17.4. The van der Waals surface area contributed by atoms with Gasteiger partial charge in [-0.2, -0.15) is 0 Å². The van der Waals surface area contributed by atoms with Gasteiger partial charge in [0.15, 0.2) is 0 Å². The molecule has 2 aromatic rings. The molecule has 15 heteroatoms. The molecule has 1 aromatic heterocycles. The number of methoxy groups -OCH3 is 2. The van der Waals surface area contributed by atoms with Crippen molar-refractivity contribution in [1.29, 1.82) is 0 Å². The summed E-state index contributed by atoms with van der Waals surface area (Å²) in [5.74, 6) is -1.04. The first-order chi connectivity index (χ1) is 26.5. The minimum absolute atomic E-state index is 0.0247. The van der Waals surface area contributed by atoms with Crippen LogP contribution in [0.4, 0.5) is 0 Å². The third-order valence-electron chi connectivity index (χ3n) is 11.4. The predicted molar refractivity (Wildman–Crippen MR) is 205 cm³/mol. The van der Waals surface area contributed by atoms with E-state index in [9.17, 15) is 27.6 Å². The van der Waals surface area contributed by atoms with E-state index in [1.165, 1.54) is 12.0 Å². The molecule has 4 heterocycles. The summed E-state index contributed by atoms with van der Waals surface area (Å²) >= 11 is 0. The first-order valence-electron chi connectivity index (χ1n) is 19.6. The van der Waals surface area contributed by atoms with Crippen LogP contribution in [-0.2, 0) is 29.2 Å². The quantitative estimate of drug-likeness (QED) is 0.375. The summed E-state index contributed by atoms with van der Waals surface area (Å²) in [7, 11) is -0.785. The number of aromatic nitrogens is 1. The van der Waals surface area contributed by atoms with Gasteiger partial charge in [0.1, 0.15) is 35.2 Å². The van der Waals surface area contributed by atoms with Crippen molar-refractivity contribution >= 4 is 50.6 Å². The number of amides is 4. The number of nitrogens with zero attached hydrogens (tertiary/aromatic N) is 2. The Hall–Kier alpha value is -4.66. The molecule has 2 saturated carbocycles. The molecule has 5 aliphatic rings. The Balaban J connectivity index is 1.26. The van der Waals surface area contributed by atoms with Gasteiger partial charge in [0, 0.05) is 41.8 Å². The van der Waals surface area contributed by atoms with E-state index in [2.05, 4.69) is 26.4 Å². The molecule has 3 N–H and O–H groups in total. The van der Waals surface area contributed by atoms with Crippen LogP contribution in [0.2, 0.25) is 0 Å². The largest absolute Gasteiger partial charge is 0.496 e. The monoisotopic (exact) mass is 777 g/mol. The summed E-state index contributed by atoms with van der Waals surface area (Å²) in [6.07, 6.45) is 15.4. The van der Waals surface area contributed by atoms with E-state index in [0.29, 0.717) is 60.4 Å². The molecule has 14 nitrogen and oxygen atoms in total. The number of carbonyl (C=O) groups is 4. The Bertz CT molecular complexity index is 2000. The van der Waals surface area contributed by atoms with Crippen molar-refractivity contribution in [3.63, 3.8) is 0 Å². The number of hydrogen-bond donors (Lipinski definition) is 3. The number of benzene rings is 1. The average molecular weight is 778 g/mol. The maximum absolute atomic E-state index is 14.6. The number of nitrogens with one attached hydrogen (secondary N) is 3. The van der Waals surface area contributed by atoms with E-state index in [4.69, 9.17) is 14.2 Å². The average Bonchev–Trinajstić information content (AvgIpc) is 4.09. The van der Waals surface area contributed by atoms with Crippen LogP contribution in [-0.4, -0.2) is 91.7 Å². The maximum atomic E-state index is 14.6. The summed E-state index contributed by atoms with van der Waals surface area (Å²) in [4.78, 5) is 62.2. The molecule has 1 saturated heterocycles. The molecule has 296 valence electrons. The molecule has 2 aliphatic carbocycles. The van der Waals surface area contributed by atoms with Crippen molar-refractivity contribution in [2.45, 2.75) is 119 Å². The molecular formula is C40H51N5O9S. The smallest absolute Gasteiger partial charge is 0.259 e. The first-order valence-corrected chi connectivity index (χ1v) is 21.1. The predicted octanol–water partition coefficient (Wildman–Crippen LogP) is 4.07. The third kappa shape index (κ3) is 8.61. The van der Waals surface area contributed by atoms with Crippen LogP contribution in [0.5, 0.6) is 17.4 Å². The lowest BCUT2D eigenvalue weighted by Gasteiger charge is -2.30. The Kier molecular flexibility index (Phi) is 11.4. The Morgan fingerprint density at radius 2 is 1.76 bits per heavy atom. The van der Waals surface area contributed by atoms with Gasteiger partial charge in [-0.3, -0.25) is 23.9 Å². The van der Waals surface area contributed by atoms with Crippen LogP contribution >= 0.6 is 0 Å². The second-order valence-electron chi connectivity index (χ2n) is 15.4. The van der Waals surface area contributed by atoms with Crippen molar-refractivity contribution in [2.24, 2.45) is 5.92 Å². The fourth-order valence-electron chi connectivity index (χ4n) is 7.95. The van der Waals surface area contributed by atoms with E-state index in [-0.39, 0.29) is 31.7 Å². The molecule has 3 fully saturated rings. The van der Waals surface area contributed by atoms with Crippen LogP contribution < -0.4 is 29.6 Å². The van der Waals surface area contributed by atoms with Gasteiger partial charge in [-0.25, -0.2) is 13.4 Å². The highest BCUT2D eigenvalue weighted by Crippen LogP contribution is 2.46. The minimum atomic E-state index is -3.88. The van der Waals surface area contributed by atoms with E-state index in [1.807, 2.05) is 30.4 Å². The molecule has 5 bridgehead atoms. The van der Waals surface area contributed by atoms with Crippen molar-refractivity contribution < 1.29 is 41.8 Å². The number of rotatable bonds is 5. The molecular weight excluding hydrogens is 727 g/mol. The lowest BCUT2D eigenvalue weighted by atomic mass is 10.0. The molecule has 0 unspecified atom stereocenters. The van der Waals surface area contributed by atoms with Gasteiger partial charge in [-0.05, 0) is 63.9 Å².